The number of amides is 6. The first-order chi connectivity index (χ1) is 57.8. The number of thiocarbonyl (C=S) groups is 6. The van der Waals surface area contributed by atoms with E-state index in [1.165, 1.54) is 0 Å². The summed E-state index contributed by atoms with van der Waals surface area (Å²) in [5, 5.41) is 34.5. The molecule has 12 N–H and O–H groups in total. The summed E-state index contributed by atoms with van der Waals surface area (Å²) in [6.07, 6.45) is 21.7. The first-order valence-electron chi connectivity index (χ1n) is 40.1. The third kappa shape index (κ3) is 53.7. The minimum Gasteiger partial charge on any atom is -0.466 e. The lowest BCUT2D eigenvalue weighted by Crippen LogP contribution is -2.29. The van der Waals surface area contributed by atoms with Crippen LogP contribution in [0, 0.1) is 0 Å². The molecule has 0 radical (unpaired) electrons. The molecule has 0 spiro atoms. The Morgan fingerprint density at radius 2 is 0.525 bits per heavy atom. The Morgan fingerprint density at radius 1 is 0.279 bits per heavy atom. The fraction of sp³-hybridized carbons (Fsp3) is 0.580. The van der Waals surface area contributed by atoms with E-state index in [-0.39, 0.29) is 148 Å². The van der Waals surface area contributed by atoms with E-state index in [1.807, 2.05) is 6.08 Å². The van der Waals surface area contributed by atoms with Gasteiger partial charge in [0.25, 0.3) is 5.91 Å². The van der Waals surface area contributed by atoms with Crippen LogP contribution in [0.15, 0.2) is 84.7 Å². The molecule has 6 aliphatic heterocycles. The summed E-state index contributed by atoms with van der Waals surface area (Å²) in [6.45, 7) is 33.6. The standard InChI is InChI=1S/C16H24N2O6S.C15H24N2O3S.C14H20N2O5S.C13H20N2O3S.C13H18N2O3S.C10H14N2O3S/c1-11(2)15(21)24-10-9-22-7-4-6-13(19)23-8-3-5-12-14(20)18-16(25)17-12;1-11(2)14(19)20-10-8-6-4-3-5-7-9-12-13(18)17-15(21)16-12;1-9(2)13(19)21-8-4-6-11(17)20-7-3-5-10-12(18)16-14(22)15-10;2*1-9(2)12(17)18-8-6-4-3-5-7-10-11(16)15-13(19)14-10;1-6(2)9(14)15-5-3-4-7-8(13)12-10(16)11-7/h12H,1,3-10H2,2H3,(H2,17,18,20,25);12H,1,3-10H2,2H3,(H2,16,17,18,21);10H,1,3-8H2,2H3,(H2,15,16,18,22);10H,1,3-8H2,2H3,(H2,14,15,16,19);7H,1,3-6,8H2,2H3,(H2,14,15,16,19);7H,1,3-5H2,2H3,(H2,11,12,13,16)/b;;;;10-7-;. The topological polar surface area (TPSA) is 466 Å². The molecule has 35 nitrogen and oxygen atoms in total. The van der Waals surface area contributed by atoms with Crippen molar-refractivity contribution in [3.8, 4) is 0 Å². The van der Waals surface area contributed by atoms with Crippen molar-refractivity contribution in [2.45, 2.75) is 239 Å². The molecule has 6 rings (SSSR count). The summed E-state index contributed by atoms with van der Waals surface area (Å²) in [7, 11) is 0. The minimum absolute atomic E-state index is 0.0145. The van der Waals surface area contributed by atoms with Crippen molar-refractivity contribution in [2.75, 3.05) is 66.1 Å². The Bertz CT molecular complexity index is 3780. The SMILES string of the molecule is C=C(C)C(=O)OCCCC(=O)OCCCC1NC(=S)NC1=O.C=C(C)C(=O)OCCCC1NC(=S)NC1=O.C=C(C)C(=O)OCCCCC/C=C1\NC(=S)NC1=O.C=C(C)C(=O)OCCCCCCC1NC(=S)NC1=O.C=C(C)C(=O)OCCCCCCCCC1NC(=S)NC1=O.C=C(C)C(=O)OCCOCCCC(=O)OCCCC1NC(=S)NC1=O. The van der Waals surface area contributed by atoms with Gasteiger partial charge in [0.1, 0.15) is 42.5 Å². The van der Waals surface area contributed by atoms with E-state index in [4.69, 9.17) is 116 Å². The highest BCUT2D eigenvalue weighted by molar-refractivity contribution is 7.81. The van der Waals surface area contributed by atoms with Crippen molar-refractivity contribution >= 4 is 187 Å². The Hall–Kier alpha value is -9.94. The van der Waals surface area contributed by atoms with E-state index in [9.17, 15) is 67.1 Å². The van der Waals surface area contributed by atoms with Gasteiger partial charge in [-0.25, -0.2) is 28.8 Å². The quantitative estimate of drug-likeness (QED) is 0.00999. The van der Waals surface area contributed by atoms with E-state index in [2.05, 4.69) is 103 Å². The van der Waals surface area contributed by atoms with Crippen LogP contribution in [-0.2, 0) is 110 Å². The third-order valence-corrected chi connectivity index (χ3v) is 18.1. The Labute approximate surface area is 745 Å². The van der Waals surface area contributed by atoms with E-state index >= 15 is 0 Å². The molecule has 0 bridgehead atoms. The van der Waals surface area contributed by atoms with Crippen molar-refractivity contribution in [3.05, 3.63) is 84.7 Å². The van der Waals surface area contributed by atoms with Crippen molar-refractivity contribution < 1.29 is 110 Å². The van der Waals surface area contributed by atoms with Gasteiger partial charge >= 0.3 is 47.8 Å². The van der Waals surface area contributed by atoms with E-state index in [0.29, 0.717) is 148 Å². The number of esters is 8. The van der Waals surface area contributed by atoms with Crippen LogP contribution in [0.4, 0.5) is 0 Å². The highest BCUT2D eigenvalue weighted by atomic mass is 32.1. The van der Waals surface area contributed by atoms with Crippen LogP contribution >= 0.6 is 73.3 Å². The lowest BCUT2D eigenvalue weighted by atomic mass is 10.1. The number of nitrogens with one attached hydrogen (secondary N) is 12. The van der Waals surface area contributed by atoms with Gasteiger partial charge in [0, 0.05) is 52.9 Å². The van der Waals surface area contributed by atoms with Gasteiger partial charge < -0.3 is 101 Å². The number of carbonyl (C=O) groups is 14. The molecule has 41 heteroatoms. The summed E-state index contributed by atoms with van der Waals surface area (Å²) >= 11 is 29.0. The van der Waals surface area contributed by atoms with Gasteiger partial charge in [-0.2, -0.15) is 0 Å². The molecule has 0 saturated carbocycles. The maximum absolute atomic E-state index is 11.5. The molecule has 6 heterocycles. The fourth-order valence-electron chi connectivity index (χ4n) is 10.2. The summed E-state index contributed by atoms with van der Waals surface area (Å²) in [5.74, 6) is -3.64. The van der Waals surface area contributed by atoms with Crippen LogP contribution < -0.4 is 63.8 Å². The zero-order valence-corrected chi connectivity index (χ0v) is 75.4. The highest BCUT2D eigenvalue weighted by Gasteiger charge is 2.31. The van der Waals surface area contributed by atoms with Crippen molar-refractivity contribution in [2.24, 2.45) is 0 Å². The predicted octanol–water partition coefficient (Wildman–Crippen LogP) is 6.63. The van der Waals surface area contributed by atoms with E-state index in [1.54, 1.807) is 41.5 Å². The molecular weight excluding hydrogens is 1700 g/mol. The van der Waals surface area contributed by atoms with Crippen molar-refractivity contribution in [1.82, 2.24) is 63.8 Å². The van der Waals surface area contributed by atoms with Crippen LogP contribution in [-0.4, -0.2) is 210 Å². The number of rotatable bonds is 51. The fourth-order valence-corrected chi connectivity index (χ4v) is 11.7. The van der Waals surface area contributed by atoms with E-state index < -0.39 is 17.9 Å². The maximum atomic E-state index is 11.5. The second kappa shape index (κ2) is 64.8. The van der Waals surface area contributed by atoms with Gasteiger partial charge in [-0.05, 0) is 218 Å². The summed E-state index contributed by atoms with van der Waals surface area (Å²) in [6, 6.07) is -1.35. The lowest BCUT2D eigenvalue weighted by Gasteiger charge is -2.08. The summed E-state index contributed by atoms with van der Waals surface area (Å²) < 4.78 is 44.9. The second-order valence-electron chi connectivity index (χ2n) is 28.2. The van der Waals surface area contributed by atoms with Gasteiger partial charge in [-0.1, -0.05) is 96.9 Å². The predicted molar refractivity (Wildman–Crippen MR) is 478 cm³/mol. The molecule has 6 amide bonds. The monoisotopic (exact) mass is 1820 g/mol. The molecule has 122 heavy (non-hydrogen) atoms. The number of unbranched alkanes of at least 4 members (excludes halogenated alkanes) is 11. The molecule has 6 aliphatic rings. The smallest absolute Gasteiger partial charge is 0.333 e. The maximum Gasteiger partial charge on any atom is 0.333 e. The molecule has 0 aromatic heterocycles. The Morgan fingerprint density at radius 3 is 0.803 bits per heavy atom. The Balaban J connectivity index is 0.000000735. The normalized spacial score (nSPS) is 17.1. The Kier molecular flexibility index (Phi) is 58.5. The van der Waals surface area contributed by atoms with E-state index in [0.717, 1.165) is 103 Å². The zero-order valence-electron chi connectivity index (χ0n) is 70.5. The van der Waals surface area contributed by atoms with Crippen LogP contribution in [0.1, 0.15) is 208 Å². The number of hydrogen-bond acceptors (Lipinski definition) is 29. The average molecular weight is 1820 g/mol. The summed E-state index contributed by atoms with van der Waals surface area (Å²) in [4.78, 5) is 158. The van der Waals surface area contributed by atoms with Gasteiger partial charge in [0.2, 0.25) is 29.5 Å². The van der Waals surface area contributed by atoms with Crippen LogP contribution in [0.5, 0.6) is 0 Å². The van der Waals surface area contributed by atoms with Crippen molar-refractivity contribution in [1.29, 1.82) is 0 Å². The first kappa shape index (κ1) is 110. The zero-order chi connectivity index (χ0) is 91.5. The largest absolute Gasteiger partial charge is 0.466 e. The number of hydrogen-bond donors (Lipinski definition) is 12. The number of carbonyl (C=O) groups excluding carboxylic acids is 14. The van der Waals surface area contributed by atoms with Gasteiger partial charge in [0.15, 0.2) is 30.7 Å². The van der Waals surface area contributed by atoms with Gasteiger partial charge in [0.05, 0.1) is 52.9 Å². The molecule has 5 atom stereocenters. The molecule has 0 aromatic rings. The molecule has 6 fully saturated rings. The highest BCUT2D eigenvalue weighted by Crippen LogP contribution is 2.15. The van der Waals surface area contributed by atoms with Gasteiger partial charge in [-0.15, -0.1) is 0 Å². The average Bonchev–Trinajstić information content (AvgIpc) is 1.78. The molecular formula is C81H120N12O23S6. The second-order valence-corrected chi connectivity index (χ2v) is 30.7. The third-order valence-electron chi connectivity index (χ3n) is 16.8. The van der Waals surface area contributed by atoms with Crippen LogP contribution in [0.3, 0.4) is 0 Å². The van der Waals surface area contributed by atoms with Gasteiger partial charge in [-0.3, -0.25) is 43.7 Å². The molecule has 678 valence electrons. The summed E-state index contributed by atoms with van der Waals surface area (Å²) in [5.41, 5.74) is 2.84. The number of ether oxygens (including phenoxy) is 9. The van der Waals surface area contributed by atoms with Crippen molar-refractivity contribution in [3.63, 3.8) is 0 Å². The minimum atomic E-state index is -0.464. The lowest BCUT2D eigenvalue weighted by molar-refractivity contribution is -0.146. The number of allylic oxidation sites excluding steroid dienone is 1. The molecule has 6 saturated heterocycles. The van der Waals surface area contributed by atoms with Crippen LogP contribution in [0.25, 0.3) is 0 Å². The van der Waals surface area contributed by atoms with Crippen LogP contribution in [0.2, 0.25) is 0 Å². The molecule has 0 aromatic carbocycles. The molecule has 0 aliphatic carbocycles. The molecule has 5 unspecified atom stereocenters. The first-order valence-corrected chi connectivity index (χ1v) is 42.5.